The van der Waals surface area contributed by atoms with Gasteiger partial charge in [0.25, 0.3) is 0 Å². The quantitative estimate of drug-likeness (QED) is 0.836. The topological polar surface area (TPSA) is 35.2 Å². The van der Waals surface area contributed by atoms with Crippen LogP contribution in [0.15, 0.2) is 42.5 Å². The number of hydrogen-bond donors (Lipinski definition) is 1. The summed E-state index contributed by atoms with van der Waals surface area (Å²) in [4.78, 5) is 1.14. The van der Waals surface area contributed by atoms with Crippen molar-refractivity contribution in [3.05, 3.63) is 47.3 Å². The molecule has 0 aliphatic rings. The number of hydrogen-bond acceptors (Lipinski definition) is 3. The summed E-state index contributed by atoms with van der Waals surface area (Å²) in [5, 5.41) is 0.886. The van der Waals surface area contributed by atoms with Crippen molar-refractivity contribution in [2.45, 2.75) is 6.54 Å². The fraction of sp³-hybridized carbons (Fsp3) is 0.0909. The molecular formula is C11H11NOS. The third kappa shape index (κ3) is 2.13. The molecule has 2 aromatic rings. The maximum absolute atomic E-state index is 5.62. The smallest absolute Gasteiger partial charge is 0.181 e. The maximum atomic E-state index is 5.62. The molecule has 2 N–H and O–H groups in total. The molecule has 72 valence electrons. The first-order chi connectivity index (χ1) is 6.88. The molecule has 0 spiro atoms. The molecule has 0 aliphatic carbocycles. The van der Waals surface area contributed by atoms with Crippen LogP contribution in [0.25, 0.3) is 0 Å². The van der Waals surface area contributed by atoms with E-state index < -0.39 is 0 Å². The van der Waals surface area contributed by atoms with Gasteiger partial charge in [-0.25, -0.2) is 0 Å². The standard InChI is InChI=1S/C11H11NOS/c12-8-10-6-7-11(14-10)13-9-4-2-1-3-5-9/h1-7H,8,12H2. The molecule has 0 atom stereocenters. The van der Waals surface area contributed by atoms with Gasteiger partial charge in [-0.15, -0.1) is 11.3 Å². The number of ether oxygens (including phenoxy) is 1. The Morgan fingerprint density at radius 1 is 1.07 bits per heavy atom. The second kappa shape index (κ2) is 4.26. The Hall–Kier alpha value is -1.32. The number of para-hydroxylation sites is 1. The van der Waals surface area contributed by atoms with Crippen LogP contribution in [-0.4, -0.2) is 0 Å². The Morgan fingerprint density at radius 3 is 2.50 bits per heavy atom. The predicted octanol–water partition coefficient (Wildman–Crippen LogP) is 3.00. The third-order valence-electron chi connectivity index (χ3n) is 1.80. The van der Waals surface area contributed by atoms with Gasteiger partial charge in [-0.1, -0.05) is 18.2 Å². The summed E-state index contributed by atoms with van der Waals surface area (Å²) in [6.07, 6.45) is 0. The normalized spacial score (nSPS) is 10.1. The summed E-state index contributed by atoms with van der Waals surface area (Å²) in [6.45, 7) is 0.572. The molecule has 0 radical (unpaired) electrons. The van der Waals surface area contributed by atoms with Crippen molar-refractivity contribution in [2.24, 2.45) is 5.73 Å². The van der Waals surface area contributed by atoms with Gasteiger partial charge < -0.3 is 10.5 Å². The predicted molar refractivity (Wildman–Crippen MR) is 58.7 cm³/mol. The first kappa shape index (κ1) is 9.24. The van der Waals surface area contributed by atoms with E-state index in [-0.39, 0.29) is 0 Å². The van der Waals surface area contributed by atoms with Gasteiger partial charge in [0.15, 0.2) is 5.06 Å². The number of benzene rings is 1. The monoisotopic (exact) mass is 205 g/mol. The first-order valence-corrected chi connectivity index (χ1v) is 5.22. The Morgan fingerprint density at radius 2 is 1.86 bits per heavy atom. The lowest BCUT2D eigenvalue weighted by atomic mass is 10.3. The minimum Gasteiger partial charge on any atom is -0.447 e. The zero-order valence-electron chi connectivity index (χ0n) is 7.64. The van der Waals surface area contributed by atoms with Crippen molar-refractivity contribution in [3.63, 3.8) is 0 Å². The summed E-state index contributed by atoms with van der Waals surface area (Å²) < 4.78 is 5.62. The molecule has 1 heterocycles. The second-order valence-electron chi connectivity index (χ2n) is 2.84. The van der Waals surface area contributed by atoms with Crippen LogP contribution in [-0.2, 0) is 6.54 Å². The largest absolute Gasteiger partial charge is 0.447 e. The average molecular weight is 205 g/mol. The summed E-state index contributed by atoms with van der Waals surface area (Å²) in [5.41, 5.74) is 5.51. The molecule has 1 aromatic carbocycles. The lowest BCUT2D eigenvalue weighted by molar-refractivity contribution is 0.496. The summed E-state index contributed by atoms with van der Waals surface area (Å²) in [5.74, 6) is 0.859. The van der Waals surface area contributed by atoms with E-state index in [4.69, 9.17) is 10.5 Å². The molecule has 3 heteroatoms. The zero-order valence-corrected chi connectivity index (χ0v) is 8.46. The van der Waals surface area contributed by atoms with Crippen LogP contribution in [0.3, 0.4) is 0 Å². The van der Waals surface area contributed by atoms with Crippen molar-refractivity contribution >= 4 is 11.3 Å². The summed E-state index contributed by atoms with van der Waals surface area (Å²) in [7, 11) is 0. The SMILES string of the molecule is NCc1ccc(Oc2ccccc2)s1. The molecule has 0 saturated carbocycles. The molecule has 1 aromatic heterocycles. The van der Waals surface area contributed by atoms with Gasteiger partial charge in [-0.05, 0) is 24.3 Å². The van der Waals surface area contributed by atoms with Crippen molar-refractivity contribution in [2.75, 3.05) is 0 Å². The van der Waals surface area contributed by atoms with Gasteiger partial charge in [-0.3, -0.25) is 0 Å². The lowest BCUT2D eigenvalue weighted by Crippen LogP contribution is -1.91. The van der Waals surface area contributed by atoms with Gasteiger partial charge in [-0.2, -0.15) is 0 Å². The minimum atomic E-state index is 0.572. The minimum absolute atomic E-state index is 0.572. The highest BCUT2D eigenvalue weighted by Crippen LogP contribution is 2.28. The number of rotatable bonds is 3. The molecule has 14 heavy (non-hydrogen) atoms. The zero-order chi connectivity index (χ0) is 9.80. The lowest BCUT2D eigenvalue weighted by Gasteiger charge is -2.00. The van der Waals surface area contributed by atoms with E-state index in [1.165, 1.54) is 0 Å². The first-order valence-electron chi connectivity index (χ1n) is 4.40. The number of thiophene rings is 1. The van der Waals surface area contributed by atoms with Crippen LogP contribution in [0.1, 0.15) is 4.88 Å². The average Bonchev–Trinajstić information content (AvgIpc) is 2.67. The Bertz CT molecular complexity index is 397. The van der Waals surface area contributed by atoms with E-state index in [1.807, 2.05) is 42.5 Å². The summed E-state index contributed by atoms with van der Waals surface area (Å²) >= 11 is 1.58. The fourth-order valence-corrected chi connectivity index (χ4v) is 1.88. The molecule has 2 rings (SSSR count). The van der Waals surface area contributed by atoms with Gasteiger partial charge in [0.1, 0.15) is 5.75 Å². The van der Waals surface area contributed by atoms with Crippen LogP contribution in [0.2, 0.25) is 0 Å². The highest BCUT2D eigenvalue weighted by molar-refractivity contribution is 7.13. The third-order valence-corrected chi connectivity index (χ3v) is 2.79. The molecule has 0 fully saturated rings. The Kier molecular flexibility index (Phi) is 2.81. The van der Waals surface area contributed by atoms with Crippen LogP contribution in [0, 0.1) is 0 Å². The fourth-order valence-electron chi connectivity index (χ4n) is 1.13. The van der Waals surface area contributed by atoms with E-state index in [2.05, 4.69) is 0 Å². The number of nitrogens with two attached hydrogens (primary N) is 1. The molecule has 0 bridgehead atoms. The van der Waals surface area contributed by atoms with Crippen molar-refractivity contribution in [1.29, 1.82) is 0 Å². The highest BCUT2D eigenvalue weighted by atomic mass is 32.1. The van der Waals surface area contributed by atoms with E-state index in [9.17, 15) is 0 Å². The van der Waals surface area contributed by atoms with E-state index in [1.54, 1.807) is 11.3 Å². The Labute approximate surface area is 86.9 Å². The maximum Gasteiger partial charge on any atom is 0.181 e. The van der Waals surface area contributed by atoms with Crippen molar-refractivity contribution in [3.8, 4) is 10.8 Å². The van der Waals surface area contributed by atoms with Gasteiger partial charge in [0.2, 0.25) is 0 Å². The van der Waals surface area contributed by atoms with Crippen molar-refractivity contribution in [1.82, 2.24) is 0 Å². The highest BCUT2D eigenvalue weighted by Gasteiger charge is 2.00. The Balaban J connectivity index is 2.11. The second-order valence-corrected chi connectivity index (χ2v) is 3.97. The van der Waals surface area contributed by atoms with E-state index in [0.29, 0.717) is 6.54 Å². The molecule has 0 saturated heterocycles. The molecule has 0 aliphatic heterocycles. The van der Waals surface area contributed by atoms with E-state index >= 15 is 0 Å². The van der Waals surface area contributed by atoms with Crippen LogP contribution >= 0.6 is 11.3 Å². The van der Waals surface area contributed by atoms with Crippen LogP contribution in [0.4, 0.5) is 0 Å². The van der Waals surface area contributed by atoms with Gasteiger partial charge >= 0.3 is 0 Å². The molecule has 0 unspecified atom stereocenters. The summed E-state index contributed by atoms with van der Waals surface area (Å²) in [6, 6.07) is 13.7. The van der Waals surface area contributed by atoms with E-state index in [0.717, 1.165) is 15.7 Å². The molecule has 0 amide bonds. The van der Waals surface area contributed by atoms with Gasteiger partial charge in [0.05, 0.1) is 0 Å². The molecular weight excluding hydrogens is 194 g/mol. The van der Waals surface area contributed by atoms with Crippen LogP contribution in [0.5, 0.6) is 10.8 Å². The van der Waals surface area contributed by atoms with Gasteiger partial charge in [0, 0.05) is 11.4 Å². The van der Waals surface area contributed by atoms with Crippen molar-refractivity contribution < 1.29 is 4.74 Å². The molecule has 2 nitrogen and oxygen atoms in total. The van der Waals surface area contributed by atoms with Crippen LogP contribution < -0.4 is 10.5 Å².